The Morgan fingerprint density at radius 2 is 1.73 bits per heavy atom. The first-order valence-corrected chi connectivity index (χ1v) is 11.0. The molecule has 0 N–H and O–H groups in total. The van der Waals surface area contributed by atoms with E-state index in [-0.39, 0.29) is 18.4 Å². The number of thioether (sulfide) groups is 1. The summed E-state index contributed by atoms with van der Waals surface area (Å²) in [6.45, 7) is 4.92. The maximum atomic E-state index is 12.9. The van der Waals surface area contributed by atoms with Gasteiger partial charge in [0.2, 0.25) is 5.91 Å². The molecule has 2 amide bonds. The van der Waals surface area contributed by atoms with Crippen molar-refractivity contribution in [1.29, 1.82) is 0 Å². The van der Waals surface area contributed by atoms with Gasteiger partial charge in [0.05, 0.1) is 4.91 Å². The standard InChI is InChI=1S/C24H24N2O2S2/c1-3-25(16-20-12-8-5-9-13-20)22(27)17-26-23(28)21(30-24(26)29)15-18(2)14-19-10-6-4-7-11-19/h4-15H,3,16-17H2,1-2H3/b18-14+,21-15-. The number of likely N-dealkylation sites (N-methyl/N-ethyl adjacent to an activating group) is 1. The highest BCUT2D eigenvalue weighted by Crippen LogP contribution is 2.32. The maximum absolute atomic E-state index is 12.9. The van der Waals surface area contributed by atoms with Crippen LogP contribution in [-0.4, -0.2) is 39.0 Å². The van der Waals surface area contributed by atoms with Crippen LogP contribution in [0, 0.1) is 0 Å². The molecular formula is C24H24N2O2S2. The highest BCUT2D eigenvalue weighted by Gasteiger charge is 2.34. The Labute approximate surface area is 187 Å². The van der Waals surface area contributed by atoms with Crippen LogP contribution in [0.5, 0.6) is 0 Å². The van der Waals surface area contributed by atoms with Crippen LogP contribution in [0.15, 0.2) is 77.2 Å². The van der Waals surface area contributed by atoms with Crippen LogP contribution < -0.4 is 0 Å². The summed E-state index contributed by atoms with van der Waals surface area (Å²) in [6.07, 6.45) is 3.84. The maximum Gasteiger partial charge on any atom is 0.266 e. The minimum atomic E-state index is -0.213. The van der Waals surface area contributed by atoms with Crippen LogP contribution in [-0.2, 0) is 16.1 Å². The minimum absolute atomic E-state index is 0.0376. The third-order valence-corrected chi connectivity index (χ3v) is 6.05. The third-order valence-electron chi connectivity index (χ3n) is 4.67. The van der Waals surface area contributed by atoms with E-state index in [0.717, 1.165) is 16.7 Å². The molecule has 6 heteroatoms. The lowest BCUT2D eigenvalue weighted by molar-refractivity contribution is -0.135. The summed E-state index contributed by atoms with van der Waals surface area (Å²) in [7, 11) is 0. The van der Waals surface area contributed by atoms with Gasteiger partial charge in [-0.25, -0.2) is 0 Å². The second kappa shape index (κ2) is 10.4. The molecule has 1 fully saturated rings. The van der Waals surface area contributed by atoms with Crippen molar-refractivity contribution in [2.75, 3.05) is 13.1 Å². The van der Waals surface area contributed by atoms with Gasteiger partial charge in [-0.05, 0) is 36.6 Å². The van der Waals surface area contributed by atoms with Gasteiger partial charge in [-0.2, -0.15) is 0 Å². The molecule has 30 heavy (non-hydrogen) atoms. The van der Waals surface area contributed by atoms with E-state index in [2.05, 4.69) is 0 Å². The molecule has 1 heterocycles. The molecule has 0 aliphatic carbocycles. The van der Waals surface area contributed by atoms with E-state index in [1.165, 1.54) is 16.7 Å². The number of rotatable bonds is 7. The summed E-state index contributed by atoms with van der Waals surface area (Å²) in [4.78, 5) is 29.4. The number of amides is 2. The SMILES string of the molecule is CCN(Cc1ccccc1)C(=O)CN1C(=O)/C(=C/C(C)=C/c2ccccc2)SC1=S. The lowest BCUT2D eigenvalue weighted by atomic mass is 10.1. The van der Waals surface area contributed by atoms with Gasteiger partial charge in [-0.3, -0.25) is 14.5 Å². The highest BCUT2D eigenvalue weighted by atomic mass is 32.2. The number of carbonyl (C=O) groups excluding carboxylic acids is 2. The van der Waals surface area contributed by atoms with Gasteiger partial charge in [0.1, 0.15) is 10.9 Å². The van der Waals surface area contributed by atoms with Crippen molar-refractivity contribution in [3.63, 3.8) is 0 Å². The molecule has 154 valence electrons. The summed E-state index contributed by atoms with van der Waals surface area (Å²) in [5.74, 6) is -0.328. The van der Waals surface area contributed by atoms with Crippen LogP contribution in [0.25, 0.3) is 6.08 Å². The van der Waals surface area contributed by atoms with Crippen molar-refractivity contribution >= 4 is 46.2 Å². The normalized spacial score (nSPS) is 15.7. The third kappa shape index (κ3) is 5.68. The molecule has 0 saturated carbocycles. The van der Waals surface area contributed by atoms with Crippen molar-refractivity contribution in [2.45, 2.75) is 20.4 Å². The Hall–Kier alpha value is -2.70. The average molecular weight is 437 g/mol. The predicted octanol–water partition coefficient (Wildman–Crippen LogP) is 4.88. The summed E-state index contributed by atoms with van der Waals surface area (Å²) in [5.41, 5.74) is 3.07. The minimum Gasteiger partial charge on any atom is -0.337 e. The molecule has 0 unspecified atom stereocenters. The molecule has 0 spiro atoms. The molecule has 1 saturated heterocycles. The molecule has 2 aromatic rings. The first-order chi connectivity index (χ1) is 14.5. The van der Waals surface area contributed by atoms with Gasteiger partial charge in [-0.15, -0.1) is 0 Å². The number of thiocarbonyl (C=S) groups is 1. The first-order valence-electron chi connectivity index (χ1n) is 9.78. The second-order valence-corrected chi connectivity index (χ2v) is 8.64. The van der Waals surface area contributed by atoms with E-state index in [0.29, 0.717) is 22.3 Å². The van der Waals surface area contributed by atoms with Crippen molar-refractivity contribution in [3.05, 3.63) is 88.3 Å². The number of carbonyl (C=O) groups is 2. The fourth-order valence-electron chi connectivity index (χ4n) is 3.11. The molecule has 4 nitrogen and oxygen atoms in total. The van der Waals surface area contributed by atoms with Crippen LogP contribution in [0.4, 0.5) is 0 Å². The molecule has 2 aromatic carbocycles. The van der Waals surface area contributed by atoms with Crippen LogP contribution >= 0.6 is 24.0 Å². The molecule has 0 radical (unpaired) electrons. The molecule has 3 rings (SSSR count). The molecule has 0 aromatic heterocycles. The zero-order valence-electron chi connectivity index (χ0n) is 17.1. The Morgan fingerprint density at radius 1 is 1.10 bits per heavy atom. The summed E-state index contributed by atoms with van der Waals surface area (Å²) in [6, 6.07) is 19.7. The summed E-state index contributed by atoms with van der Waals surface area (Å²) in [5, 5.41) is 0. The zero-order valence-corrected chi connectivity index (χ0v) is 18.7. The number of nitrogens with zero attached hydrogens (tertiary/aromatic N) is 2. The van der Waals surface area contributed by atoms with E-state index in [1.807, 2.05) is 86.7 Å². The molecule has 1 aliphatic rings. The van der Waals surface area contributed by atoms with Crippen molar-refractivity contribution in [2.24, 2.45) is 0 Å². The van der Waals surface area contributed by atoms with Crippen molar-refractivity contribution in [3.8, 4) is 0 Å². The topological polar surface area (TPSA) is 40.6 Å². The number of hydrogen-bond donors (Lipinski definition) is 0. The number of benzene rings is 2. The van der Waals surface area contributed by atoms with Crippen LogP contribution in [0.2, 0.25) is 0 Å². The van der Waals surface area contributed by atoms with E-state index in [9.17, 15) is 9.59 Å². The smallest absolute Gasteiger partial charge is 0.266 e. The average Bonchev–Trinajstić information content (AvgIpc) is 3.00. The predicted molar refractivity (Wildman–Crippen MR) is 128 cm³/mol. The Morgan fingerprint density at radius 3 is 2.37 bits per heavy atom. The van der Waals surface area contributed by atoms with E-state index < -0.39 is 0 Å². The molecule has 0 bridgehead atoms. The van der Waals surface area contributed by atoms with Crippen LogP contribution in [0.3, 0.4) is 0 Å². The summed E-state index contributed by atoms with van der Waals surface area (Å²) < 4.78 is 0.419. The van der Waals surface area contributed by atoms with E-state index in [1.54, 1.807) is 4.90 Å². The van der Waals surface area contributed by atoms with Gasteiger partial charge in [0, 0.05) is 13.1 Å². The highest BCUT2D eigenvalue weighted by molar-refractivity contribution is 8.26. The van der Waals surface area contributed by atoms with Crippen LogP contribution in [0.1, 0.15) is 25.0 Å². The zero-order chi connectivity index (χ0) is 21.5. The summed E-state index contributed by atoms with van der Waals surface area (Å²) >= 11 is 6.63. The second-order valence-electron chi connectivity index (χ2n) is 6.96. The van der Waals surface area contributed by atoms with Gasteiger partial charge in [0.15, 0.2) is 0 Å². The first kappa shape index (κ1) is 22.0. The van der Waals surface area contributed by atoms with Gasteiger partial charge in [-0.1, -0.05) is 90.7 Å². The number of hydrogen-bond acceptors (Lipinski definition) is 4. The monoisotopic (exact) mass is 436 g/mol. The van der Waals surface area contributed by atoms with Crippen molar-refractivity contribution < 1.29 is 9.59 Å². The Balaban J connectivity index is 1.68. The van der Waals surface area contributed by atoms with Gasteiger partial charge >= 0.3 is 0 Å². The van der Waals surface area contributed by atoms with Gasteiger partial charge < -0.3 is 4.90 Å². The molecular weight excluding hydrogens is 412 g/mol. The quantitative estimate of drug-likeness (QED) is 0.458. The fraction of sp³-hybridized carbons (Fsp3) is 0.208. The van der Waals surface area contributed by atoms with E-state index >= 15 is 0 Å². The largest absolute Gasteiger partial charge is 0.337 e. The fourth-order valence-corrected chi connectivity index (χ4v) is 4.42. The molecule has 1 aliphatic heterocycles. The Kier molecular flexibility index (Phi) is 7.60. The van der Waals surface area contributed by atoms with Crippen molar-refractivity contribution in [1.82, 2.24) is 9.80 Å². The van der Waals surface area contributed by atoms with Gasteiger partial charge in [0.25, 0.3) is 5.91 Å². The molecule has 0 atom stereocenters. The lowest BCUT2D eigenvalue weighted by Gasteiger charge is -2.23. The Bertz CT molecular complexity index is 985. The van der Waals surface area contributed by atoms with E-state index in [4.69, 9.17) is 12.2 Å². The number of allylic oxidation sites excluding steroid dienone is 2. The lowest BCUT2D eigenvalue weighted by Crippen LogP contribution is -2.41.